The summed E-state index contributed by atoms with van der Waals surface area (Å²) in [7, 11) is 0. The van der Waals surface area contributed by atoms with Crippen LogP contribution < -0.4 is 5.32 Å². The third-order valence-corrected chi connectivity index (χ3v) is 3.34. The van der Waals surface area contributed by atoms with Gasteiger partial charge < -0.3 is 5.32 Å². The number of hydrogen-bond donors (Lipinski definition) is 1. The summed E-state index contributed by atoms with van der Waals surface area (Å²) in [6.07, 6.45) is 5.45. The van der Waals surface area contributed by atoms with Gasteiger partial charge in [0.1, 0.15) is 5.82 Å². The van der Waals surface area contributed by atoms with Crippen LogP contribution in [-0.2, 0) is 5.75 Å². The van der Waals surface area contributed by atoms with Gasteiger partial charge in [-0.2, -0.15) is 0 Å². The Bertz CT molecular complexity index is 459. The van der Waals surface area contributed by atoms with Crippen LogP contribution in [0.2, 0.25) is 0 Å². The van der Waals surface area contributed by atoms with Gasteiger partial charge in [-0.3, -0.25) is 4.98 Å². The van der Waals surface area contributed by atoms with Crippen LogP contribution in [-0.4, -0.2) is 16.5 Å². The summed E-state index contributed by atoms with van der Waals surface area (Å²) in [4.78, 5) is 9.58. The van der Waals surface area contributed by atoms with Crippen LogP contribution in [0.4, 0.5) is 5.82 Å². The van der Waals surface area contributed by atoms with E-state index in [0.717, 1.165) is 18.1 Å². The third kappa shape index (κ3) is 3.46. The summed E-state index contributed by atoms with van der Waals surface area (Å²) >= 11 is 1.79. The summed E-state index contributed by atoms with van der Waals surface area (Å²) < 4.78 is 0. The summed E-state index contributed by atoms with van der Waals surface area (Å²) in [5, 5.41) is 3.28. The topological polar surface area (TPSA) is 37.8 Å². The molecule has 2 heterocycles. The van der Waals surface area contributed by atoms with E-state index in [0.29, 0.717) is 0 Å². The number of aromatic nitrogens is 2. The Labute approximate surface area is 106 Å². The van der Waals surface area contributed by atoms with Gasteiger partial charge in [0.05, 0.1) is 0 Å². The van der Waals surface area contributed by atoms with Gasteiger partial charge in [0.2, 0.25) is 0 Å². The Kier molecular flexibility index (Phi) is 4.38. The minimum atomic E-state index is 0.893. The first kappa shape index (κ1) is 11.9. The molecule has 4 heteroatoms. The molecule has 88 valence electrons. The minimum Gasteiger partial charge on any atom is -0.370 e. The maximum absolute atomic E-state index is 4.34. The van der Waals surface area contributed by atoms with Gasteiger partial charge in [-0.25, -0.2) is 4.98 Å². The molecule has 0 aromatic carbocycles. The molecule has 0 spiro atoms. The number of nitrogens with one attached hydrogen (secondary N) is 1. The Morgan fingerprint density at radius 1 is 1.18 bits per heavy atom. The van der Waals surface area contributed by atoms with E-state index in [1.807, 2.05) is 36.8 Å². The molecule has 17 heavy (non-hydrogen) atoms. The predicted octanol–water partition coefficient (Wildman–Crippen LogP) is 3.20. The van der Waals surface area contributed by atoms with Gasteiger partial charge in [0.25, 0.3) is 0 Å². The molecule has 0 aliphatic carbocycles. The quantitative estimate of drug-likeness (QED) is 0.821. The van der Waals surface area contributed by atoms with Gasteiger partial charge in [0, 0.05) is 41.3 Å². The molecule has 0 aliphatic heterocycles. The predicted molar refractivity (Wildman–Crippen MR) is 72.2 cm³/mol. The first-order valence-electron chi connectivity index (χ1n) is 5.60. The molecular formula is C13H15N3S. The first-order valence-corrected chi connectivity index (χ1v) is 6.59. The van der Waals surface area contributed by atoms with E-state index in [1.165, 1.54) is 10.5 Å². The van der Waals surface area contributed by atoms with Crippen molar-refractivity contribution in [2.45, 2.75) is 17.6 Å². The smallest absolute Gasteiger partial charge is 0.129 e. The number of pyridine rings is 2. The van der Waals surface area contributed by atoms with E-state index < -0.39 is 0 Å². The SMILES string of the molecule is CCNc1ncccc1CSc1ccncc1. The largest absolute Gasteiger partial charge is 0.370 e. The minimum absolute atomic E-state index is 0.893. The Hall–Kier alpha value is -1.55. The molecule has 1 N–H and O–H groups in total. The van der Waals surface area contributed by atoms with Crippen LogP contribution in [0.5, 0.6) is 0 Å². The van der Waals surface area contributed by atoms with Crippen LogP contribution in [0.15, 0.2) is 47.8 Å². The number of hydrogen-bond acceptors (Lipinski definition) is 4. The normalized spacial score (nSPS) is 10.2. The van der Waals surface area contributed by atoms with Crippen molar-refractivity contribution in [2.24, 2.45) is 0 Å². The number of nitrogens with zero attached hydrogens (tertiary/aromatic N) is 2. The summed E-state index contributed by atoms with van der Waals surface area (Å²) in [6, 6.07) is 8.13. The molecular weight excluding hydrogens is 230 g/mol. The number of rotatable bonds is 5. The number of anilines is 1. The average molecular weight is 245 g/mol. The standard InChI is InChI=1S/C13H15N3S/c1-2-15-13-11(4-3-7-16-13)10-17-12-5-8-14-9-6-12/h3-9H,2,10H2,1H3,(H,15,16). The zero-order valence-corrected chi connectivity index (χ0v) is 10.6. The lowest BCUT2D eigenvalue weighted by atomic mass is 10.3. The fourth-order valence-electron chi connectivity index (χ4n) is 1.48. The van der Waals surface area contributed by atoms with Gasteiger partial charge >= 0.3 is 0 Å². The highest BCUT2D eigenvalue weighted by Gasteiger charge is 2.02. The highest BCUT2D eigenvalue weighted by molar-refractivity contribution is 7.98. The lowest BCUT2D eigenvalue weighted by Crippen LogP contribution is -2.02. The second-order valence-electron chi connectivity index (χ2n) is 3.51. The van der Waals surface area contributed by atoms with Crippen molar-refractivity contribution in [3.63, 3.8) is 0 Å². The lowest BCUT2D eigenvalue weighted by Gasteiger charge is -2.08. The fraction of sp³-hybridized carbons (Fsp3) is 0.231. The van der Waals surface area contributed by atoms with E-state index in [9.17, 15) is 0 Å². The van der Waals surface area contributed by atoms with E-state index in [-0.39, 0.29) is 0 Å². The van der Waals surface area contributed by atoms with Crippen LogP contribution in [0, 0.1) is 0 Å². The molecule has 0 saturated carbocycles. The van der Waals surface area contributed by atoms with Crippen molar-refractivity contribution in [3.8, 4) is 0 Å². The van der Waals surface area contributed by atoms with Crippen LogP contribution in [0.1, 0.15) is 12.5 Å². The van der Waals surface area contributed by atoms with Crippen LogP contribution >= 0.6 is 11.8 Å². The molecule has 0 unspecified atom stereocenters. The molecule has 2 rings (SSSR count). The highest BCUT2D eigenvalue weighted by atomic mass is 32.2. The zero-order valence-electron chi connectivity index (χ0n) is 9.76. The maximum atomic E-state index is 4.34. The molecule has 0 radical (unpaired) electrons. The van der Waals surface area contributed by atoms with Gasteiger partial charge in [-0.15, -0.1) is 11.8 Å². The van der Waals surface area contributed by atoms with Crippen molar-refractivity contribution < 1.29 is 0 Å². The zero-order chi connectivity index (χ0) is 11.9. The maximum Gasteiger partial charge on any atom is 0.129 e. The highest BCUT2D eigenvalue weighted by Crippen LogP contribution is 2.24. The lowest BCUT2D eigenvalue weighted by molar-refractivity contribution is 1.13. The van der Waals surface area contributed by atoms with Crippen LogP contribution in [0.3, 0.4) is 0 Å². The van der Waals surface area contributed by atoms with Crippen LogP contribution in [0.25, 0.3) is 0 Å². The van der Waals surface area contributed by atoms with Crippen molar-refractivity contribution in [3.05, 3.63) is 48.4 Å². The monoisotopic (exact) mass is 245 g/mol. The Morgan fingerprint density at radius 3 is 2.76 bits per heavy atom. The fourth-order valence-corrected chi connectivity index (χ4v) is 2.35. The summed E-state index contributed by atoms with van der Waals surface area (Å²) in [6.45, 7) is 2.97. The molecule has 3 nitrogen and oxygen atoms in total. The second-order valence-corrected chi connectivity index (χ2v) is 4.56. The van der Waals surface area contributed by atoms with E-state index in [2.05, 4.69) is 28.3 Å². The molecule has 2 aromatic heterocycles. The Balaban J connectivity index is 2.03. The van der Waals surface area contributed by atoms with Crippen molar-refractivity contribution in [1.82, 2.24) is 9.97 Å². The molecule has 2 aromatic rings. The van der Waals surface area contributed by atoms with E-state index in [1.54, 1.807) is 11.8 Å². The number of thioether (sulfide) groups is 1. The first-order chi connectivity index (χ1) is 8.40. The second kappa shape index (κ2) is 6.25. The van der Waals surface area contributed by atoms with Gasteiger partial charge in [-0.1, -0.05) is 6.07 Å². The van der Waals surface area contributed by atoms with Gasteiger partial charge in [-0.05, 0) is 25.1 Å². The molecule has 0 aliphatic rings. The average Bonchev–Trinajstić information content (AvgIpc) is 2.39. The summed E-state index contributed by atoms with van der Waals surface area (Å²) in [5.74, 6) is 1.90. The third-order valence-electron chi connectivity index (χ3n) is 2.28. The van der Waals surface area contributed by atoms with E-state index >= 15 is 0 Å². The van der Waals surface area contributed by atoms with Gasteiger partial charge in [0.15, 0.2) is 0 Å². The molecule has 0 saturated heterocycles. The summed E-state index contributed by atoms with van der Waals surface area (Å²) in [5.41, 5.74) is 1.23. The van der Waals surface area contributed by atoms with Crippen molar-refractivity contribution >= 4 is 17.6 Å². The molecule has 0 bridgehead atoms. The van der Waals surface area contributed by atoms with E-state index in [4.69, 9.17) is 0 Å². The van der Waals surface area contributed by atoms with Crippen molar-refractivity contribution in [2.75, 3.05) is 11.9 Å². The molecule has 0 amide bonds. The molecule has 0 atom stereocenters. The van der Waals surface area contributed by atoms with Crippen molar-refractivity contribution in [1.29, 1.82) is 0 Å². The Morgan fingerprint density at radius 2 is 2.00 bits per heavy atom. The molecule has 0 fully saturated rings.